The van der Waals surface area contributed by atoms with Crippen LogP contribution in [-0.4, -0.2) is 7.69 Å². The van der Waals surface area contributed by atoms with Crippen molar-refractivity contribution in [3.63, 3.8) is 0 Å². The number of para-hydroxylation sites is 2. The zero-order chi connectivity index (χ0) is 19.2. The fourth-order valence-corrected chi connectivity index (χ4v) is 3.69. The van der Waals surface area contributed by atoms with Crippen LogP contribution in [0, 0.1) is 0 Å². The summed E-state index contributed by atoms with van der Waals surface area (Å²) in [6.45, 7) is 0. The number of rotatable bonds is 4. The second-order valence-electron chi connectivity index (χ2n) is 6.84. The molecule has 0 aliphatic carbocycles. The molecular formula is C24H14BO4. The lowest BCUT2D eigenvalue weighted by Gasteiger charge is -2.06. The number of hydrogen-bond donors (Lipinski definition) is 0. The highest BCUT2D eigenvalue weighted by molar-refractivity contribution is 6.21. The summed E-state index contributed by atoms with van der Waals surface area (Å²) in [6.07, 6.45) is 0. The van der Waals surface area contributed by atoms with Crippen molar-refractivity contribution in [3.05, 3.63) is 84.9 Å². The molecule has 0 aliphatic rings. The van der Waals surface area contributed by atoms with Crippen LogP contribution in [0.25, 0.3) is 43.9 Å². The van der Waals surface area contributed by atoms with Crippen LogP contribution in [0.1, 0.15) is 0 Å². The molecule has 4 aromatic carbocycles. The van der Waals surface area contributed by atoms with Gasteiger partial charge in [-0.3, -0.25) is 0 Å². The topological polar surface area (TPSA) is 44.7 Å². The molecule has 0 bridgehead atoms. The monoisotopic (exact) mass is 377 g/mol. The molecule has 6 aromatic rings. The van der Waals surface area contributed by atoms with Crippen molar-refractivity contribution in [1.29, 1.82) is 0 Å². The van der Waals surface area contributed by atoms with E-state index in [2.05, 4.69) is 0 Å². The predicted octanol–water partition coefficient (Wildman–Crippen LogP) is 6.48. The van der Waals surface area contributed by atoms with Gasteiger partial charge >= 0.3 is 7.69 Å². The lowest BCUT2D eigenvalue weighted by atomic mass is 10.1. The van der Waals surface area contributed by atoms with Crippen molar-refractivity contribution in [1.82, 2.24) is 0 Å². The van der Waals surface area contributed by atoms with E-state index in [4.69, 9.17) is 18.1 Å². The molecule has 2 heterocycles. The van der Waals surface area contributed by atoms with Gasteiger partial charge in [-0.1, -0.05) is 36.4 Å². The molecule has 5 heteroatoms. The minimum atomic E-state index is 0.680. The predicted molar refractivity (Wildman–Crippen MR) is 114 cm³/mol. The first-order chi connectivity index (χ1) is 14.3. The Morgan fingerprint density at radius 1 is 0.483 bits per heavy atom. The summed E-state index contributed by atoms with van der Waals surface area (Å²) in [6, 6.07) is 27.3. The standard InChI is InChI=1S/C24H14BO4/c1-3-7-21-17(5-1)19-13-15(9-11-23(19)26-21)28-25-29-16-10-12-24-20(14-16)18-6-2-4-8-22(18)27-24/h1-14H. The summed E-state index contributed by atoms with van der Waals surface area (Å²) in [7, 11) is 1.34. The van der Waals surface area contributed by atoms with Gasteiger partial charge in [0.1, 0.15) is 33.8 Å². The molecule has 0 spiro atoms. The number of fused-ring (bicyclic) bond motifs is 6. The van der Waals surface area contributed by atoms with Gasteiger partial charge in [0.15, 0.2) is 0 Å². The zero-order valence-electron chi connectivity index (χ0n) is 15.3. The third kappa shape index (κ3) is 2.71. The Morgan fingerprint density at radius 2 is 0.931 bits per heavy atom. The molecule has 4 nitrogen and oxygen atoms in total. The summed E-state index contributed by atoms with van der Waals surface area (Å²) >= 11 is 0. The van der Waals surface area contributed by atoms with Crippen molar-refractivity contribution in [2.24, 2.45) is 0 Å². The second-order valence-corrected chi connectivity index (χ2v) is 6.84. The Balaban J connectivity index is 1.24. The highest BCUT2D eigenvalue weighted by atomic mass is 16.6. The van der Waals surface area contributed by atoms with Gasteiger partial charge < -0.3 is 18.1 Å². The van der Waals surface area contributed by atoms with Crippen LogP contribution in [-0.2, 0) is 0 Å². The SMILES string of the molecule is [B](Oc1ccc2oc3ccccc3c2c1)Oc1ccc2oc3ccccc3c2c1. The van der Waals surface area contributed by atoms with Crippen LogP contribution < -0.4 is 9.31 Å². The molecule has 29 heavy (non-hydrogen) atoms. The van der Waals surface area contributed by atoms with Crippen LogP contribution in [0.15, 0.2) is 93.8 Å². The zero-order valence-corrected chi connectivity index (χ0v) is 15.3. The Morgan fingerprint density at radius 3 is 1.45 bits per heavy atom. The van der Waals surface area contributed by atoms with Crippen LogP contribution >= 0.6 is 0 Å². The van der Waals surface area contributed by atoms with Crippen molar-refractivity contribution >= 4 is 51.6 Å². The van der Waals surface area contributed by atoms with Gasteiger partial charge in [0.2, 0.25) is 0 Å². The summed E-state index contributed by atoms with van der Waals surface area (Å²) in [4.78, 5) is 0. The lowest BCUT2D eigenvalue weighted by molar-refractivity contribution is 0.459. The average molecular weight is 377 g/mol. The molecule has 137 valence electrons. The molecule has 2 aromatic heterocycles. The van der Waals surface area contributed by atoms with Gasteiger partial charge in [0.25, 0.3) is 0 Å². The summed E-state index contributed by atoms with van der Waals surface area (Å²) in [5.41, 5.74) is 3.38. The van der Waals surface area contributed by atoms with E-state index in [9.17, 15) is 0 Å². The average Bonchev–Trinajstić information content (AvgIpc) is 3.31. The summed E-state index contributed by atoms with van der Waals surface area (Å²) in [5.74, 6) is 1.36. The van der Waals surface area contributed by atoms with Crippen molar-refractivity contribution in [2.45, 2.75) is 0 Å². The van der Waals surface area contributed by atoms with Gasteiger partial charge in [-0.05, 0) is 48.5 Å². The van der Waals surface area contributed by atoms with Crippen LogP contribution in [0.5, 0.6) is 11.5 Å². The third-order valence-corrected chi connectivity index (χ3v) is 5.06. The maximum Gasteiger partial charge on any atom is 0.658 e. The first-order valence-corrected chi connectivity index (χ1v) is 9.33. The van der Waals surface area contributed by atoms with Crippen molar-refractivity contribution in [3.8, 4) is 11.5 Å². The molecule has 0 fully saturated rings. The molecule has 0 saturated carbocycles. The van der Waals surface area contributed by atoms with E-state index in [1.54, 1.807) is 0 Å². The Bertz CT molecular complexity index is 1380. The lowest BCUT2D eigenvalue weighted by Crippen LogP contribution is -2.10. The fourth-order valence-electron chi connectivity index (χ4n) is 3.69. The van der Waals surface area contributed by atoms with Gasteiger partial charge in [-0.15, -0.1) is 0 Å². The normalized spacial score (nSPS) is 11.4. The van der Waals surface area contributed by atoms with Crippen molar-refractivity contribution in [2.75, 3.05) is 0 Å². The largest absolute Gasteiger partial charge is 0.658 e. The smallest absolute Gasteiger partial charge is 0.526 e. The van der Waals surface area contributed by atoms with Crippen molar-refractivity contribution < 1.29 is 18.1 Å². The van der Waals surface area contributed by atoms with Crippen LogP contribution in [0.2, 0.25) is 0 Å². The Hall–Kier alpha value is -3.86. The van der Waals surface area contributed by atoms with Gasteiger partial charge in [-0.2, -0.15) is 0 Å². The van der Waals surface area contributed by atoms with Gasteiger partial charge in [-0.25, -0.2) is 0 Å². The van der Waals surface area contributed by atoms with E-state index in [1.807, 2.05) is 84.9 Å². The van der Waals surface area contributed by atoms with E-state index in [0.717, 1.165) is 43.9 Å². The number of hydrogen-bond acceptors (Lipinski definition) is 4. The number of furan rings is 2. The molecule has 6 rings (SSSR count). The molecule has 0 unspecified atom stereocenters. The van der Waals surface area contributed by atoms with Crippen LogP contribution in [0.3, 0.4) is 0 Å². The highest BCUT2D eigenvalue weighted by Gasteiger charge is 2.10. The van der Waals surface area contributed by atoms with Gasteiger partial charge in [0.05, 0.1) is 0 Å². The minimum Gasteiger partial charge on any atom is -0.526 e. The van der Waals surface area contributed by atoms with E-state index in [-0.39, 0.29) is 0 Å². The van der Waals surface area contributed by atoms with E-state index < -0.39 is 0 Å². The van der Waals surface area contributed by atoms with Crippen LogP contribution in [0.4, 0.5) is 0 Å². The molecule has 0 amide bonds. The molecule has 1 radical (unpaired) electrons. The quantitative estimate of drug-likeness (QED) is 0.330. The Labute approximate surface area is 166 Å². The first kappa shape index (κ1) is 16.1. The summed E-state index contributed by atoms with van der Waals surface area (Å²) < 4.78 is 23.1. The minimum absolute atomic E-state index is 0.680. The maximum atomic E-state index is 5.84. The molecule has 0 saturated heterocycles. The molecular weight excluding hydrogens is 363 g/mol. The molecule has 0 aliphatic heterocycles. The highest BCUT2D eigenvalue weighted by Crippen LogP contribution is 2.32. The second kappa shape index (κ2) is 6.35. The third-order valence-electron chi connectivity index (χ3n) is 5.06. The van der Waals surface area contributed by atoms with E-state index in [1.165, 1.54) is 7.69 Å². The van der Waals surface area contributed by atoms with E-state index >= 15 is 0 Å². The molecule has 0 N–H and O–H groups in total. The fraction of sp³-hybridized carbons (Fsp3) is 0. The summed E-state index contributed by atoms with van der Waals surface area (Å²) in [5, 5.41) is 4.15. The van der Waals surface area contributed by atoms with Gasteiger partial charge in [0, 0.05) is 21.5 Å². The number of benzene rings is 4. The first-order valence-electron chi connectivity index (χ1n) is 9.33. The van der Waals surface area contributed by atoms with E-state index in [0.29, 0.717) is 11.5 Å². The Kier molecular flexibility index (Phi) is 3.53. The maximum absolute atomic E-state index is 5.84. The molecule has 0 atom stereocenters.